The Kier molecular flexibility index (Phi) is 6.68. The number of hydrogen-bond acceptors (Lipinski definition) is 3. The monoisotopic (exact) mass is 323 g/mol. The first-order chi connectivity index (χ1) is 10.3. The lowest BCUT2D eigenvalue weighted by Gasteiger charge is -2.26. The Morgan fingerprint density at radius 1 is 1.23 bits per heavy atom. The molecule has 0 aliphatic carbocycles. The van der Waals surface area contributed by atoms with Crippen molar-refractivity contribution < 1.29 is 4.79 Å². The predicted molar refractivity (Wildman–Crippen MR) is 92.5 cm³/mol. The van der Waals surface area contributed by atoms with Gasteiger partial charge in [0.15, 0.2) is 0 Å². The number of anilines is 1. The number of carbonyl (C=O) groups is 1. The Labute approximate surface area is 139 Å². The van der Waals surface area contributed by atoms with Crippen LogP contribution in [-0.2, 0) is 11.3 Å². The zero-order valence-electron chi connectivity index (χ0n) is 13.0. The summed E-state index contributed by atoms with van der Waals surface area (Å²) in [6.45, 7) is 4.34. The van der Waals surface area contributed by atoms with Crippen LogP contribution in [0.15, 0.2) is 24.3 Å². The molecule has 0 bridgehead atoms. The van der Waals surface area contributed by atoms with Gasteiger partial charge in [0, 0.05) is 12.2 Å². The molecule has 1 aromatic carbocycles. The van der Waals surface area contributed by atoms with Gasteiger partial charge in [0.2, 0.25) is 5.91 Å². The van der Waals surface area contributed by atoms with E-state index < -0.39 is 0 Å². The summed E-state index contributed by atoms with van der Waals surface area (Å²) in [5.41, 5.74) is 2.21. The van der Waals surface area contributed by atoms with Crippen molar-refractivity contribution in [1.82, 2.24) is 10.2 Å². The van der Waals surface area contributed by atoms with E-state index in [-0.39, 0.29) is 24.4 Å². The maximum atomic E-state index is 12.1. The normalized spacial score (nSPS) is 22.1. The van der Waals surface area contributed by atoms with E-state index in [1.54, 1.807) is 0 Å². The molecule has 122 valence electrons. The van der Waals surface area contributed by atoms with Crippen LogP contribution in [0, 0.1) is 0 Å². The van der Waals surface area contributed by atoms with Crippen LogP contribution in [0.4, 0.5) is 5.69 Å². The molecule has 22 heavy (non-hydrogen) atoms. The first-order valence-electron chi connectivity index (χ1n) is 8.17. The summed E-state index contributed by atoms with van der Waals surface area (Å²) in [5, 5.41) is 6.28. The van der Waals surface area contributed by atoms with Gasteiger partial charge in [0.05, 0.1) is 6.04 Å². The fourth-order valence-corrected chi connectivity index (χ4v) is 3.26. The minimum absolute atomic E-state index is 0. The van der Waals surface area contributed by atoms with E-state index in [0.29, 0.717) is 0 Å². The molecule has 0 saturated carbocycles. The fourth-order valence-electron chi connectivity index (χ4n) is 3.26. The number of halogens is 1. The lowest BCUT2D eigenvalue weighted by molar-refractivity contribution is -0.117. The SMILES string of the molecule is Cl.O=C(Nc1cccc(CN2CCCCC2)c1)C1CCCN1. The number of amides is 1. The second-order valence-electron chi connectivity index (χ2n) is 6.18. The molecular formula is C17H26ClN3O. The number of nitrogens with one attached hydrogen (secondary N) is 2. The van der Waals surface area contributed by atoms with E-state index in [4.69, 9.17) is 0 Å². The van der Waals surface area contributed by atoms with Gasteiger partial charge in [-0.1, -0.05) is 18.6 Å². The van der Waals surface area contributed by atoms with Crippen molar-refractivity contribution in [2.24, 2.45) is 0 Å². The second kappa shape index (κ2) is 8.51. The van der Waals surface area contributed by atoms with Crippen LogP contribution in [0.1, 0.15) is 37.7 Å². The van der Waals surface area contributed by atoms with E-state index in [0.717, 1.165) is 31.6 Å². The Balaban J connectivity index is 0.00000176. The molecule has 0 radical (unpaired) electrons. The molecule has 3 rings (SSSR count). The molecule has 5 heteroatoms. The predicted octanol–water partition coefficient (Wildman–Crippen LogP) is 2.78. The van der Waals surface area contributed by atoms with Crippen molar-refractivity contribution in [2.75, 3.05) is 25.0 Å². The maximum Gasteiger partial charge on any atom is 0.241 e. The Morgan fingerprint density at radius 3 is 2.77 bits per heavy atom. The van der Waals surface area contributed by atoms with Crippen molar-refractivity contribution in [3.05, 3.63) is 29.8 Å². The standard InChI is InChI=1S/C17H25N3O.ClH/c21-17(16-8-5-9-18-16)19-15-7-4-6-14(12-15)13-20-10-2-1-3-11-20;/h4,6-7,12,16,18H,1-3,5,8-11,13H2,(H,19,21);1H. The molecule has 0 spiro atoms. The van der Waals surface area contributed by atoms with Gasteiger partial charge in [-0.05, 0) is 63.0 Å². The van der Waals surface area contributed by atoms with Crippen molar-refractivity contribution in [3.63, 3.8) is 0 Å². The largest absolute Gasteiger partial charge is 0.325 e. The topological polar surface area (TPSA) is 44.4 Å². The van der Waals surface area contributed by atoms with Gasteiger partial charge in [-0.3, -0.25) is 9.69 Å². The highest BCUT2D eigenvalue weighted by atomic mass is 35.5. The van der Waals surface area contributed by atoms with Gasteiger partial charge in [-0.15, -0.1) is 12.4 Å². The first-order valence-corrected chi connectivity index (χ1v) is 8.17. The summed E-state index contributed by atoms with van der Waals surface area (Å²) in [5.74, 6) is 0.0997. The van der Waals surface area contributed by atoms with Gasteiger partial charge >= 0.3 is 0 Å². The third kappa shape index (κ3) is 4.70. The summed E-state index contributed by atoms with van der Waals surface area (Å²) in [7, 11) is 0. The summed E-state index contributed by atoms with van der Waals surface area (Å²) < 4.78 is 0. The van der Waals surface area contributed by atoms with Crippen molar-refractivity contribution in [3.8, 4) is 0 Å². The fraction of sp³-hybridized carbons (Fsp3) is 0.588. The third-order valence-electron chi connectivity index (χ3n) is 4.43. The lowest BCUT2D eigenvalue weighted by atomic mass is 10.1. The highest BCUT2D eigenvalue weighted by Crippen LogP contribution is 2.17. The van der Waals surface area contributed by atoms with E-state index in [9.17, 15) is 4.79 Å². The quantitative estimate of drug-likeness (QED) is 0.895. The van der Waals surface area contributed by atoms with Crippen LogP contribution in [0.3, 0.4) is 0 Å². The van der Waals surface area contributed by atoms with E-state index in [1.807, 2.05) is 12.1 Å². The number of likely N-dealkylation sites (tertiary alicyclic amines) is 1. The smallest absolute Gasteiger partial charge is 0.241 e. The first kappa shape index (κ1) is 17.3. The minimum atomic E-state index is -0.0178. The molecule has 1 unspecified atom stereocenters. The van der Waals surface area contributed by atoms with Crippen LogP contribution in [0.2, 0.25) is 0 Å². The number of carbonyl (C=O) groups excluding carboxylic acids is 1. The van der Waals surface area contributed by atoms with Gasteiger partial charge in [0.1, 0.15) is 0 Å². The van der Waals surface area contributed by atoms with Crippen LogP contribution in [0.5, 0.6) is 0 Å². The summed E-state index contributed by atoms with van der Waals surface area (Å²) >= 11 is 0. The molecule has 4 nitrogen and oxygen atoms in total. The van der Waals surface area contributed by atoms with Crippen molar-refractivity contribution in [1.29, 1.82) is 0 Å². The molecule has 2 aliphatic heterocycles. The highest BCUT2D eigenvalue weighted by Gasteiger charge is 2.21. The number of piperidine rings is 1. The Hall–Kier alpha value is -1.10. The number of hydrogen-bond donors (Lipinski definition) is 2. The molecule has 2 aliphatic rings. The molecule has 2 saturated heterocycles. The number of benzene rings is 1. The summed E-state index contributed by atoms with van der Waals surface area (Å²) in [4.78, 5) is 14.6. The van der Waals surface area contributed by atoms with Gasteiger partial charge in [0.25, 0.3) is 0 Å². The average molecular weight is 324 g/mol. The van der Waals surface area contributed by atoms with Crippen molar-refractivity contribution in [2.45, 2.75) is 44.7 Å². The number of rotatable bonds is 4. The second-order valence-corrected chi connectivity index (χ2v) is 6.18. The van der Waals surface area contributed by atoms with Crippen LogP contribution in [-0.4, -0.2) is 36.5 Å². The van der Waals surface area contributed by atoms with Crippen molar-refractivity contribution >= 4 is 24.0 Å². The van der Waals surface area contributed by atoms with Crippen LogP contribution in [0.25, 0.3) is 0 Å². The van der Waals surface area contributed by atoms with Crippen LogP contribution >= 0.6 is 12.4 Å². The van der Waals surface area contributed by atoms with E-state index in [2.05, 4.69) is 27.7 Å². The zero-order valence-corrected chi connectivity index (χ0v) is 13.8. The van der Waals surface area contributed by atoms with E-state index in [1.165, 1.54) is 37.9 Å². The Morgan fingerprint density at radius 2 is 2.05 bits per heavy atom. The van der Waals surface area contributed by atoms with Gasteiger partial charge < -0.3 is 10.6 Å². The van der Waals surface area contributed by atoms with Crippen LogP contribution < -0.4 is 10.6 Å². The molecule has 1 aromatic rings. The highest BCUT2D eigenvalue weighted by molar-refractivity contribution is 5.95. The lowest BCUT2D eigenvalue weighted by Crippen LogP contribution is -2.35. The molecular weight excluding hydrogens is 298 g/mol. The molecule has 1 atom stereocenters. The molecule has 0 aromatic heterocycles. The Bertz CT molecular complexity index is 483. The van der Waals surface area contributed by atoms with Gasteiger partial charge in [-0.25, -0.2) is 0 Å². The average Bonchev–Trinajstić information content (AvgIpc) is 3.03. The van der Waals surface area contributed by atoms with E-state index >= 15 is 0 Å². The maximum absolute atomic E-state index is 12.1. The molecule has 2 fully saturated rings. The minimum Gasteiger partial charge on any atom is -0.325 e. The molecule has 1 amide bonds. The summed E-state index contributed by atoms with van der Waals surface area (Å²) in [6, 6.07) is 8.26. The number of nitrogens with zero attached hydrogens (tertiary/aromatic N) is 1. The van der Waals surface area contributed by atoms with Gasteiger partial charge in [-0.2, -0.15) is 0 Å². The summed E-state index contributed by atoms with van der Waals surface area (Å²) in [6.07, 6.45) is 6.01. The third-order valence-corrected chi connectivity index (χ3v) is 4.43. The molecule has 2 heterocycles. The zero-order chi connectivity index (χ0) is 14.5. The molecule has 2 N–H and O–H groups in total.